The van der Waals surface area contributed by atoms with Crippen LogP contribution < -0.4 is 0 Å². The van der Waals surface area contributed by atoms with Crippen molar-refractivity contribution in [1.29, 1.82) is 0 Å². The Balaban J connectivity index is 2.37. The van der Waals surface area contributed by atoms with Gasteiger partial charge in [0.15, 0.2) is 0 Å². The van der Waals surface area contributed by atoms with Gasteiger partial charge in [0, 0.05) is 0 Å². The summed E-state index contributed by atoms with van der Waals surface area (Å²) >= 11 is 0. The molecule has 1 aliphatic heterocycles. The quantitative estimate of drug-likeness (QED) is 0.518. The highest BCUT2D eigenvalue weighted by molar-refractivity contribution is 6.78. The summed E-state index contributed by atoms with van der Waals surface area (Å²) in [6.45, 7) is 8.83. The largest absolute Gasteiger partial charge is 0.390 e. The molecule has 66 valence electrons. The van der Waals surface area contributed by atoms with Crippen LogP contribution in [-0.4, -0.2) is 31.1 Å². The first-order valence-corrected chi connectivity index (χ1v) is 7.88. The minimum atomic E-state index is -1.15. The van der Waals surface area contributed by atoms with Gasteiger partial charge in [-0.2, -0.15) is 0 Å². The molecule has 0 aromatic rings. The lowest BCUT2D eigenvalue weighted by Crippen LogP contribution is -2.33. The molecule has 0 amide bonds. The van der Waals surface area contributed by atoms with Gasteiger partial charge in [0.25, 0.3) is 0 Å². The predicted molar refractivity (Wildman–Crippen MR) is 48.3 cm³/mol. The van der Waals surface area contributed by atoms with Crippen molar-refractivity contribution in [2.45, 2.75) is 50.9 Å². The van der Waals surface area contributed by atoms with E-state index < -0.39 is 8.07 Å². The molecule has 1 aliphatic rings. The van der Waals surface area contributed by atoms with E-state index in [-0.39, 0.29) is 12.2 Å². The van der Waals surface area contributed by atoms with Crippen LogP contribution in [0.3, 0.4) is 0 Å². The summed E-state index contributed by atoms with van der Waals surface area (Å²) in [5.41, 5.74) is 0.400. The minimum absolute atomic E-state index is 0.159. The molecule has 0 aromatic carbocycles. The van der Waals surface area contributed by atoms with Gasteiger partial charge in [0.2, 0.25) is 0 Å². The molecule has 0 unspecified atom stereocenters. The van der Waals surface area contributed by atoms with E-state index in [0.717, 1.165) is 6.42 Å². The van der Waals surface area contributed by atoms with E-state index in [1.54, 1.807) is 0 Å². The van der Waals surface area contributed by atoms with Gasteiger partial charge in [-0.05, 0) is 6.42 Å². The molecule has 1 saturated heterocycles. The summed E-state index contributed by atoms with van der Waals surface area (Å²) in [5.74, 6) is 0. The van der Waals surface area contributed by atoms with Crippen LogP contribution in [0, 0.1) is 0 Å². The zero-order chi connectivity index (χ0) is 8.65. The van der Waals surface area contributed by atoms with Gasteiger partial charge in [0.05, 0.1) is 19.9 Å². The maximum Gasteiger partial charge on any atom is 0.107 e. The molecule has 1 heterocycles. The smallest absolute Gasteiger partial charge is 0.107 e. The molecule has 2 nitrogen and oxygen atoms in total. The van der Waals surface area contributed by atoms with Gasteiger partial charge in [-0.3, -0.25) is 0 Å². The molecule has 0 spiro atoms. The molecule has 1 rings (SSSR count). The van der Waals surface area contributed by atoms with Crippen LogP contribution >= 0.6 is 0 Å². The second-order valence-corrected chi connectivity index (χ2v) is 9.66. The number of epoxide rings is 1. The summed E-state index contributed by atoms with van der Waals surface area (Å²) in [5, 5.41) is 9.43. The van der Waals surface area contributed by atoms with Crippen LogP contribution in [0.25, 0.3) is 0 Å². The fraction of sp³-hybridized carbons (Fsp3) is 1.00. The highest BCUT2D eigenvalue weighted by Crippen LogP contribution is 2.34. The summed E-state index contributed by atoms with van der Waals surface area (Å²) in [6, 6.07) is 0. The lowest BCUT2D eigenvalue weighted by atomic mass is 10.2. The second kappa shape index (κ2) is 2.88. The molecule has 1 N–H and O–H groups in total. The summed E-state index contributed by atoms with van der Waals surface area (Å²) in [6.07, 6.45) is 0.740. The normalized spacial score (nSPS) is 33.5. The van der Waals surface area contributed by atoms with Crippen LogP contribution in [0.2, 0.25) is 19.6 Å². The highest BCUT2D eigenvalue weighted by atomic mass is 28.3. The van der Waals surface area contributed by atoms with Gasteiger partial charge in [-0.1, -0.05) is 26.6 Å². The molecule has 3 heteroatoms. The number of hydrogen-bond donors (Lipinski definition) is 1. The van der Waals surface area contributed by atoms with Crippen molar-refractivity contribution in [3.8, 4) is 0 Å². The second-order valence-electron chi connectivity index (χ2n) is 4.36. The van der Waals surface area contributed by atoms with Crippen LogP contribution in [0.1, 0.15) is 13.3 Å². The molecule has 0 aromatic heterocycles. The van der Waals surface area contributed by atoms with Gasteiger partial charge in [-0.25, -0.2) is 0 Å². The molecule has 1 fully saturated rings. The number of ether oxygens (including phenoxy) is 1. The summed E-state index contributed by atoms with van der Waals surface area (Å²) < 4.78 is 5.45. The van der Waals surface area contributed by atoms with E-state index in [1.807, 2.05) is 6.92 Å². The fourth-order valence-corrected chi connectivity index (χ4v) is 3.12. The van der Waals surface area contributed by atoms with Crippen LogP contribution in [-0.2, 0) is 4.74 Å². The van der Waals surface area contributed by atoms with Gasteiger partial charge in [0.1, 0.15) is 6.10 Å². The van der Waals surface area contributed by atoms with E-state index >= 15 is 0 Å². The van der Waals surface area contributed by atoms with Crippen molar-refractivity contribution in [3.05, 3.63) is 0 Å². The van der Waals surface area contributed by atoms with Crippen LogP contribution in [0.15, 0.2) is 0 Å². The summed E-state index contributed by atoms with van der Waals surface area (Å²) in [7, 11) is -1.15. The maximum absolute atomic E-state index is 9.43. The van der Waals surface area contributed by atoms with E-state index in [9.17, 15) is 5.11 Å². The van der Waals surface area contributed by atoms with Crippen molar-refractivity contribution >= 4 is 8.07 Å². The van der Waals surface area contributed by atoms with Gasteiger partial charge in [-0.15, -0.1) is 0 Å². The van der Waals surface area contributed by atoms with E-state index in [2.05, 4.69) is 19.6 Å². The number of rotatable bonds is 3. The van der Waals surface area contributed by atoms with Crippen molar-refractivity contribution in [2.75, 3.05) is 0 Å². The third-order valence-corrected chi connectivity index (χ3v) is 4.35. The zero-order valence-corrected chi connectivity index (χ0v) is 8.79. The fourth-order valence-electron chi connectivity index (χ4n) is 1.35. The van der Waals surface area contributed by atoms with Crippen LogP contribution in [0.5, 0.6) is 0 Å². The molecule has 11 heavy (non-hydrogen) atoms. The highest BCUT2D eigenvalue weighted by Gasteiger charge is 2.51. The van der Waals surface area contributed by atoms with Gasteiger partial charge < -0.3 is 9.84 Å². The molecule has 0 aliphatic carbocycles. The Labute approximate surface area is 69.6 Å². The lowest BCUT2D eigenvalue weighted by Gasteiger charge is -2.12. The number of aliphatic hydroxyl groups is 1. The van der Waals surface area contributed by atoms with Crippen molar-refractivity contribution < 1.29 is 9.84 Å². The average molecular weight is 174 g/mol. The lowest BCUT2D eigenvalue weighted by molar-refractivity contribution is 0.131. The monoisotopic (exact) mass is 174 g/mol. The van der Waals surface area contributed by atoms with Crippen molar-refractivity contribution in [2.24, 2.45) is 0 Å². The van der Waals surface area contributed by atoms with E-state index in [4.69, 9.17) is 4.74 Å². The molecule has 0 bridgehead atoms. The average Bonchev–Trinajstić information content (AvgIpc) is 2.62. The van der Waals surface area contributed by atoms with Crippen molar-refractivity contribution in [1.82, 2.24) is 0 Å². The topological polar surface area (TPSA) is 32.8 Å². The first-order chi connectivity index (χ1) is 4.96. The summed E-state index contributed by atoms with van der Waals surface area (Å²) in [4.78, 5) is 0. The number of aliphatic hydroxyl groups excluding tert-OH is 1. The maximum atomic E-state index is 9.43. The minimum Gasteiger partial charge on any atom is -0.390 e. The van der Waals surface area contributed by atoms with Gasteiger partial charge >= 0.3 is 0 Å². The van der Waals surface area contributed by atoms with E-state index in [0.29, 0.717) is 5.73 Å². The Morgan fingerprint density at radius 1 is 1.45 bits per heavy atom. The third kappa shape index (κ3) is 2.04. The Bertz CT molecular complexity index is 142. The Hall–Kier alpha value is 0.137. The molecule has 3 atom stereocenters. The molecular weight excluding hydrogens is 156 g/mol. The first-order valence-electron chi connectivity index (χ1n) is 4.30. The molecular formula is C8H18O2Si. The standard InChI is InChI=1S/C8H18O2Si/c1-5-6(9)7-8(10-7)11(2,3)4/h6-9H,5H2,1-4H3/t6-,7-,8-/m0/s1. The molecule has 0 radical (unpaired) electrons. The third-order valence-electron chi connectivity index (χ3n) is 2.18. The predicted octanol–water partition coefficient (Wildman–Crippen LogP) is 1.40. The number of hydrogen-bond acceptors (Lipinski definition) is 2. The Morgan fingerprint density at radius 3 is 2.27 bits per heavy atom. The van der Waals surface area contributed by atoms with Crippen LogP contribution in [0.4, 0.5) is 0 Å². The Kier molecular flexibility index (Phi) is 2.42. The first kappa shape index (κ1) is 9.23. The Morgan fingerprint density at radius 2 is 2.00 bits per heavy atom. The zero-order valence-electron chi connectivity index (χ0n) is 7.79. The van der Waals surface area contributed by atoms with Crippen molar-refractivity contribution in [3.63, 3.8) is 0 Å². The van der Waals surface area contributed by atoms with E-state index in [1.165, 1.54) is 0 Å². The molecule has 0 saturated carbocycles. The SMILES string of the molecule is CC[C@H](O)[C@@H]1O[C@H]1[Si](C)(C)C.